The molecule has 2 aromatic rings. The largest absolute Gasteiger partial charge is 0.445 e. The second-order valence-corrected chi connectivity index (χ2v) is 4.98. The Labute approximate surface area is 126 Å². The number of hydrogen-bond acceptors (Lipinski definition) is 4. The molecule has 0 aliphatic heterocycles. The lowest BCUT2D eigenvalue weighted by Gasteiger charge is -2.04. The molecule has 4 nitrogen and oxygen atoms in total. The van der Waals surface area contributed by atoms with Crippen molar-refractivity contribution in [1.29, 1.82) is 0 Å². The summed E-state index contributed by atoms with van der Waals surface area (Å²) in [5.41, 5.74) is 1.60. The van der Waals surface area contributed by atoms with Gasteiger partial charge in [0.1, 0.15) is 6.61 Å². The maximum absolute atomic E-state index is 11.4. The molecule has 0 atom stereocenters. The van der Waals surface area contributed by atoms with E-state index in [0.717, 1.165) is 11.8 Å². The molecular weight excluding hydrogens is 286 g/mol. The molecule has 0 aliphatic rings. The zero-order valence-corrected chi connectivity index (χ0v) is 12.0. The molecule has 0 saturated heterocycles. The van der Waals surface area contributed by atoms with Crippen molar-refractivity contribution in [3.8, 4) is 11.8 Å². The van der Waals surface area contributed by atoms with Gasteiger partial charge in [0.2, 0.25) is 0 Å². The number of nitrogens with one attached hydrogen (secondary N) is 1. The molecule has 0 unspecified atom stereocenters. The summed E-state index contributed by atoms with van der Waals surface area (Å²) in [7, 11) is 0. The van der Waals surface area contributed by atoms with E-state index >= 15 is 0 Å². The molecule has 21 heavy (non-hydrogen) atoms. The number of amides is 1. The summed E-state index contributed by atoms with van der Waals surface area (Å²) in [4.78, 5) is 22.7. The van der Waals surface area contributed by atoms with E-state index in [1.54, 1.807) is 11.4 Å². The molecular formula is C16H13NO3S. The van der Waals surface area contributed by atoms with E-state index in [0.29, 0.717) is 10.4 Å². The molecule has 5 heteroatoms. The summed E-state index contributed by atoms with van der Waals surface area (Å²) in [6.07, 6.45) is 0.255. The van der Waals surface area contributed by atoms with Crippen LogP contribution in [0.25, 0.3) is 0 Å². The van der Waals surface area contributed by atoms with Crippen molar-refractivity contribution >= 4 is 23.7 Å². The Balaban J connectivity index is 1.74. The smallest absolute Gasteiger partial charge is 0.408 e. The molecule has 1 aromatic carbocycles. The second kappa shape index (κ2) is 7.88. The molecule has 1 N–H and O–H groups in total. The number of carbonyl (C=O) groups excluding carboxylic acids is 2. The number of alkyl carbamates (subject to hydrolysis) is 1. The van der Waals surface area contributed by atoms with Gasteiger partial charge in [-0.2, -0.15) is 0 Å². The molecule has 0 saturated carbocycles. The molecule has 0 bridgehead atoms. The SMILES string of the molecule is O=Cc1sccc1C#CCNC(=O)OCc1ccccc1. The lowest BCUT2D eigenvalue weighted by Crippen LogP contribution is -2.24. The van der Waals surface area contributed by atoms with Gasteiger partial charge < -0.3 is 10.1 Å². The quantitative estimate of drug-likeness (QED) is 0.697. The number of benzene rings is 1. The summed E-state index contributed by atoms with van der Waals surface area (Å²) in [6, 6.07) is 11.2. The number of rotatable bonds is 4. The first kappa shape index (κ1) is 14.8. The first-order valence-corrected chi connectivity index (χ1v) is 7.13. The van der Waals surface area contributed by atoms with Gasteiger partial charge in [-0.05, 0) is 17.0 Å². The Kier molecular flexibility index (Phi) is 5.56. The molecule has 0 aliphatic carbocycles. The fraction of sp³-hybridized carbons (Fsp3) is 0.125. The van der Waals surface area contributed by atoms with Crippen molar-refractivity contribution in [3.05, 3.63) is 57.8 Å². The van der Waals surface area contributed by atoms with Crippen LogP contribution in [-0.4, -0.2) is 18.9 Å². The summed E-state index contributed by atoms with van der Waals surface area (Å²) < 4.78 is 5.04. The van der Waals surface area contributed by atoms with E-state index < -0.39 is 6.09 Å². The van der Waals surface area contributed by atoms with Gasteiger partial charge >= 0.3 is 6.09 Å². The highest BCUT2D eigenvalue weighted by molar-refractivity contribution is 7.11. The number of ether oxygens (including phenoxy) is 1. The van der Waals surface area contributed by atoms with Crippen LogP contribution in [0.5, 0.6) is 0 Å². The lowest BCUT2D eigenvalue weighted by atomic mass is 10.2. The van der Waals surface area contributed by atoms with Gasteiger partial charge in [-0.15, -0.1) is 11.3 Å². The molecule has 1 heterocycles. The van der Waals surface area contributed by atoms with E-state index in [9.17, 15) is 9.59 Å². The first-order valence-electron chi connectivity index (χ1n) is 6.25. The minimum Gasteiger partial charge on any atom is -0.445 e. The summed E-state index contributed by atoms with van der Waals surface area (Å²) >= 11 is 1.34. The second-order valence-electron chi connectivity index (χ2n) is 4.03. The van der Waals surface area contributed by atoms with Gasteiger partial charge in [-0.3, -0.25) is 4.79 Å². The fourth-order valence-electron chi connectivity index (χ4n) is 1.55. The van der Waals surface area contributed by atoms with Crippen molar-refractivity contribution in [2.75, 3.05) is 6.54 Å². The van der Waals surface area contributed by atoms with E-state index in [4.69, 9.17) is 4.74 Å². The normalized spacial score (nSPS) is 9.33. The average molecular weight is 299 g/mol. The van der Waals surface area contributed by atoms with Crippen LogP contribution >= 0.6 is 11.3 Å². The Hall–Kier alpha value is -2.58. The van der Waals surface area contributed by atoms with E-state index in [-0.39, 0.29) is 13.2 Å². The van der Waals surface area contributed by atoms with Crippen LogP contribution in [0.4, 0.5) is 4.79 Å². The molecule has 1 aromatic heterocycles. The van der Waals surface area contributed by atoms with Crippen LogP contribution in [0.3, 0.4) is 0 Å². The average Bonchev–Trinajstić information content (AvgIpc) is 2.98. The lowest BCUT2D eigenvalue weighted by molar-refractivity contribution is 0.112. The summed E-state index contributed by atoms with van der Waals surface area (Å²) in [5.74, 6) is 5.61. The van der Waals surface area contributed by atoms with Crippen molar-refractivity contribution in [2.24, 2.45) is 0 Å². The van der Waals surface area contributed by atoms with Crippen LogP contribution in [0.2, 0.25) is 0 Å². The maximum atomic E-state index is 11.4. The van der Waals surface area contributed by atoms with Crippen LogP contribution in [0.15, 0.2) is 41.8 Å². The standard InChI is InChI=1S/C16H13NO3S/c18-11-15-14(8-10-21-15)7-4-9-17-16(19)20-12-13-5-2-1-3-6-13/h1-3,5-6,8,10-11H,9,12H2,(H,17,19). The van der Waals surface area contributed by atoms with Gasteiger partial charge in [0.25, 0.3) is 0 Å². The highest BCUT2D eigenvalue weighted by atomic mass is 32.1. The van der Waals surface area contributed by atoms with Gasteiger partial charge in [0.15, 0.2) is 6.29 Å². The van der Waals surface area contributed by atoms with Crippen molar-refractivity contribution in [3.63, 3.8) is 0 Å². The maximum Gasteiger partial charge on any atom is 0.408 e. The fourth-order valence-corrected chi connectivity index (χ4v) is 2.20. The minimum absolute atomic E-state index is 0.168. The molecule has 106 valence electrons. The van der Waals surface area contributed by atoms with Gasteiger partial charge in [0.05, 0.1) is 11.4 Å². The molecule has 0 spiro atoms. The Morgan fingerprint density at radius 2 is 2.10 bits per heavy atom. The molecule has 2 rings (SSSR count). The van der Waals surface area contributed by atoms with E-state index in [1.165, 1.54) is 11.3 Å². The number of thiophene rings is 1. The molecule has 1 amide bonds. The summed E-state index contributed by atoms with van der Waals surface area (Å²) in [5, 5.41) is 4.33. The molecule has 0 radical (unpaired) electrons. The van der Waals surface area contributed by atoms with Gasteiger partial charge in [-0.25, -0.2) is 4.79 Å². The van der Waals surface area contributed by atoms with Crippen molar-refractivity contribution in [2.45, 2.75) is 6.61 Å². The first-order chi connectivity index (χ1) is 10.3. The van der Waals surface area contributed by atoms with Crippen molar-refractivity contribution in [1.82, 2.24) is 5.32 Å². The highest BCUT2D eigenvalue weighted by Crippen LogP contribution is 2.12. The van der Waals surface area contributed by atoms with Crippen LogP contribution in [-0.2, 0) is 11.3 Å². The Morgan fingerprint density at radius 3 is 2.86 bits per heavy atom. The van der Waals surface area contributed by atoms with Crippen molar-refractivity contribution < 1.29 is 14.3 Å². The predicted octanol–water partition coefficient (Wildman–Crippen LogP) is 2.84. The third kappa shape index (κ3) is 4.79. The topological polar surface area (TPSA) is 55.4 Å². The Morgan fingerprint density at radius 1 is 1.29 bits per heavy atom. The van der Waals surface area contributed by atoms with Gasteiger partial charge in [-0.1, -0.05) is 42.2 Å². The van der Waals surface area contributed by atoms with Crippen LogP contribution in [0.1, 0.15) is 20.8 Å². The zero-order chi connectivity index (χ0) is 14.9. The number of aldehydes is 1. The van der Waals surface area contributed by atoms with Crippen LogP contribution < -0.4 is 5.32 Å². The highest BCUT2D eigenvalue weighted by Gasteiger charge is 2.01. The van der Waals surface area contributed by atoms with E-state index in [2.05, 4.69) is 17.2 Å². The summed E-state index contributed by atoms with van der Waals surface area (Å²) in [6.45, 7) is 0.391. The number of carbonyl (C=O) groups is 2. The zero-order valence-electron chi connectivity index (χ0n) is 11.2. The number of hydrogen-bond donors (Lipinski definition) is 1. The monoisotopic (exact) mass is 299 g/mol. The third-order valence-corrected chi connectivity index (χ3v) is 3.40. The van der Waals surface area contributed by atoms with E-state index in [1.807, 2.05) is 30.3 Å². The third-order valence-electron chi connectivity index (χ3n) is 2.56. The molecule has 0 fully saturated rings. The minimum atomic E-state index is -0.519. The van der Waals surface area contributed by atoms with Crippen LogP contribution in [0, 0.1) is 11.8 Å². The Bertz CT molecular complexity index is 668. The predicted molar refractivity (Wildman–Crippen MR) is 81.2 cm³/mol. The van der Waals surface area contributed by atoms with Gasteiger partial charge in [0, 0.05) is 5.56 Å².